The number of ether oxygens (including phenoxy) is 1. The molecular formula is C22H17ClN4O5. The molecule has 2 heterocycles. The molecule has 0 radical (unpaired) electrons. The first-order chi connectivity index (χ1) is 15.3. The fourth-order valence-corrected chi connectivity index (χ4v) is 3.93. The van der Waals surface area contributed by atoms with Gasteiger partial charge in [-0.15, -0.1) is 0 Å². The van der Waals surface area contributed by atoms with Crippen LogP contribution in [0.2, 0.25) is 5.02 Å². The van der Waals surface area contributed by atoms with Crippen molar-refractivity contribution in [3.8, 4) is 0 Å². The first-order valence-corrected chi connectivity index (χ1v) is 10.1. The number of imide groups is 1. The Labute approximate surface area is 188 Å². The summed E-state index contributed by atoms with van der Waals surface area (Å²) in [6.45, 7) is 7.24. The Kier molecular flexibility index (Phi) is 5.79. The molecule has 1 saturated heterocycles. The van der Waals surface area contributed by atoms with Crippen LogP contribution in [0.25, 0.3) is 4.85 Å². The summed E-state index contributed by atoms with van der Waals surface area (Å²) in [5.41, 5.74) is 2.42. The molecule has 1 atom stereocenters. The van der Waals surface area contributed by atoms with E-state index in [1.807, 2.05) is 0 Å². The maximum Gasteiger partial charge on any atom is 0.411 e. The highest BCUT2D eigenvalue weighted by Gasteiger charge is 2.39. The maximum atomic E-state index is 12.9. The summed E-state index contributed by atoms with van der Waals surface area (Å²) in [5, 5.41) is 5.09. The summed E-state index contributed by atoms with van der Waals surface area (Å²) in [6, 6.07) is 8.89. The van der Waals surface area contributed by atoms with Crippen molar-refractivity contribution in [2.24, 2.45) is 0 Å². The Bertz CT molecular complexity index is 1190. The molecule has 32 heavy (non-hydrogen) atoms. The van der Waals surface area contributed by atoms with E-state index in [0.29, 0.717) is 28.3 Å². The summed E-state index contributed by atoms with van der Waals surface area (Å²) in [6.07, 6.45) is -0.256. The van der Waals surface area contributed by atoms with Gasteiger partial charge in [0.1, 0.15) is 12.6 Å². The fourth-order valence-electron chi connectivity index (χ4n) is 3.71. The molecule has 2 aromatic carbocycles. The van der Waals surface area contributed by atoms with E-state index in [-0.39, 0.29) is 37.1 Å². The zero-order valence-corrected chi connectivity index (χ0v) is 17.4. The molecular weight excluding hydrogens is 436 g/mol. The van der Waals surface area contributed by atoms with Crippen LogP contribution in [0.4, 0.5) is 16.2 Å². The summed E-state index contributed by atoms with van der Waals surface area (Å²) in [4.78, 5) is 53.2. The molecule has 2 N–H and O–H groups in total. The summed E-state index contributed by atoms with van der Waals surface area (Å²) in [5.74, 6) is -1.10. The highest BCUT2D eigenvalue weighted by molar-refractivity contribution is 6.31. The zero-order chi connectivity index (χ0) is 22.8. The first kappa shape index (κ1) is 21.3. The van der Waals surface area contributed by atoms with Gasteiger partial charge in [-0.1, -0.05) is 23.7 Å². The van der Waals surface area contributed by atoms with Gasteiger partial charge in [0.05, 0.1) is 6.57 Å². The van der Waals surface area contributed by atoms with Crippen LogP contribution in [0.5, 0.6) is 0 Å². The largest absolute Gasteiger partial charge is 0.444 e. The van der Waals surface area contributed by atoms with E-state index in [1.54, 1.807) is 18.2 Å². The van der Waals surface area contributed by atoms with Gasteiger partial charge in [-0.05, 0) is 41.8 Å². The number of anilines is 1. The average molecular weight is 453 g/mol. The molecule has 9 nitrogen and oxygen atoms in total. The highest BCUT2D eigenvalue weighted by atomic mass is 35.5. The number of halogens is 1. The molecule has 4 amide bonds. The molecule has 0 spiro atoms. The van der Waals surface area contributed by atoms with Gasteiger partial charge in [-0.25, -0.2) is 9.64 Å². The highest BCUT2D eigenvalue weighted by Crippen LogP contribution is 2.29. The minimum atomic E-state index is -0.736. The topological polar surface area (TPSA) is 109 Å². The van der Waals surface area contributed by atoms with Crippen LogP contribution in [0.3, 0.4) is 0 Å². The molecule has 0 aliphatic carbocycles. The normalized spacial score (nSPS) is 17.4. The van der Waals surface area contributed by atoms with E-state index in [0.717, 1.165) is 5.56 Å². The molecule has 2 aliphatic rings. The third-order valence-electron chi connectivity index (χ3n) is 5.22. The number of nitrogens with one attached hydrogen (secondary N) is 2. The van der Waals surface area contributed by atoms with E-state index >= 15 is 0 Å². The number of carbonyl (C=O) groups is 4. The second kappa shape index (κ2) is 8.69. The quantitative estimate of drug-likeness (QED) is 0.546. The third-order valence-corrected chi connectivity index (χ3v) is 5.44. The van der Waals surface area contributed by atoms with E-state index in [4.69, 9.17) is 22.9 Å². The lowest BCUT2D eigenvalue weighted by Gasteiger charge is -2.29. The molecule has 0 saturated carbocycles. The molecule has 1 unspecified atom stereocenters. The van der Waals surface area contributed by atoms with Crippen molar-refractivity contribution in [2.75, 3.05) is 5.32 Å². The minimum absolute atomic E-state index is 0.0823. The fraction of sp³-hybridized carbons (Fsp3) is 0.227. The van der Waals surface area contributed by atoms with Crippen molar-refractivity contribution in [2.45, 2.75) is 32.0 Å². The Morgan fingerprint density at radius 3 is 2.81 bits per heavy atom. The second-order valence-electron chi connectivity index (χ2n) is 7.40. The van der Waals surface area contributed by atoms with Crippen LogP contribution in [0, 0.1) is 6.57 Å². The molecule has 1 fully saturated rings. The number of amides is 4. The van der Waals surface area contributed by atoms with Crippen LogP contribution < -0.4 is 10.6 Å². The first-order valence-electron chi connectivity index (χ1n) is 9.72. The standard InChI is InChI=1S/C22H17ClN4O5/c1-24-15-7-14(23)8-16(9-15)25-22(31)32-11-12-2-3-13-10-27(21(30)17(13)6-12)18-4-5-19(28)26-20(18)29/h2-3,6-9,18H,4-5,10-11H2,(H,25,31)(H,26,28,29). The van der Waals surface area contributed by atoms with Crippen LogP contribution in [0.15, 0.2) is 36.4 Å². The van der Waals surface area contributed by atoms with Crippen molar-refractivity contribution < 1.29 is 23.9 Å². The monoisotopic (exact) mass is 452 g/mol. The summed E-state index contributed by atoms with van der Waals surface area (Å²) in [7, 11) is 0. The molecule has 2 aromatic rings. The van der Waals surface area contributed by atoms with Crippen molar-refractivity contribution >= 4 is 46.8 Å². The van der Waals surface area contributed by atoms with Crippen LogP contribution in [0.1, 0.15) is 34.3 Å². The number of carbonyl (C=O) groups excluding carboxylic acids is 4. The number of hydrogen-bond acceptors (Lipinski definition) is 5. The third kappa shape index (κ3) is 4.40. The van der Waals surface area contributed by atoms with Gasteiger partial charge >= 0.3 is 6.09 Å². The Balaban J connectivity index is 1.39. The lowest BCUT2D eigenvalue weighted by Crippen LogP contribution is -2.52. The lowest BCUT2D eigenvalue weighted by molar-refractivity contribution is -0.136. The summed E-state index contributed by atoms with van der Waals surface area (Å²) < 4.78 is 5.22. The Morgan fingerprint density at radius 1 is 1.25 bits per heavy atom. The molecule has 2 aliphatic heterocycles. The Morgan fingerprint density at radius 2 is 2.06 bits per heavy atom. The van der Waals surface area contributed by atoms with Crippen molar-refractivity contribution in [3.63, 3.8) is 0 Å². The molecule has 0 aromatic heterocycles. The zero-order valence-electron chi connectivity index (χ0n) is 16.7. The predicted octanol–water partition coefficient (Wildman–Crippen LogP) is 3.40. The van der Waals surface area contributed by atoms with Gasteiger partial charge in [-0.2, -0.15) is 0 Å². The van der Waals surface area contributed by atoms with Gasteiger partial charge < -0.3 is 9.64 Å². The van der Waals surface area contributed by atoms with Crippen molar-refractivity contribution in [1.29, 1.82) is 0 Å². The molecule has 162 valence electrons. The molecule has 0 bridgehead atoms. The number of piperidine rings is 1. The number of benzene rings is 2. The number of rotatable bonds is 4. The van der Waals surface area contributed by atoms with Crippen LogP contribution in [-0.4, -0.2) is 34.8 Å². The average Bonchev–Trinajstić information content (AvgIpc) is 3.07. The van der Waals surface area contributed by atoms with Gasteiger partial charge in [0.2, 0.25) is 11.8 Å². The van der Waals surface area contributed by atoms with E-state index in [1.165, 1.54) is 23.1 Å². The van der Waals surface area contributed by atoms with Gasteiger partial charge in [0.25, 0.3) is 5.91 Å². The van der Waals surface area contributed by atoms with Gasteiger partial charge in [-0.3, -0.25) is 25.0 Å². The predicted molar refractivity (Wildman–Crippen MR) is 114 cm³/mol. The molecule has 10 heteroatoms. The van der Waals surface area contributed by atoms with E-state index < -0.39 is 18.0 Å². The lowest BCUT2D eigenvalue weighted by atomic mass is 10.0. The number of nitrogens with zero attached hydrogens (tertiary/aromatic N) is 2. The second-order valence-corrected chi connectivity index (χ2v) is 7.84. The van der Waals surface area contributed by atoms with Crippen LogP contribution in [-0.2, 0) is 27.5 Å². The van der Waals surface area contributed by atoms with Crippen molar-refractivity contribution in [1.82, 2.24) is 10.2 Å². The number of hydrogen-bond donors (Lipinski definition) is 2. The van der Waals surface area contributed by atoms with E-state index in [2.05, 4.69) is 15.5 Å². The van der Waals surface area contributed by atoms with Crippen LogP contribution >= 0.6 is 11.6 Å². The number of fused-ring (bicyclic) bond motifs is 1. The SMILES string of the molecule is [C-]#[N+]c1cc(Cl)cc(NC(=O)OCc2ccc3c(c2)C(=O)N(C2CCC(=O)NC2=O)C3)c1. The van der Waals surface area contributed by atoms with E-state index in [9.17, 15) is 19.2 Å². The van der Waals surface area contributed by atoms with Gasteiger partial charge in [0.15, 0.2) is 5.69 Å². The smallest absolute Gasteiger partial charge is 0.411 e. The maximum absolute atomic E-state index is 12.9. The molecule has 4 rings (SSSR count). The Hall–Kier alpha value is -3.90. The summed E-state index contributed by atoms with van der Waals surface area (Å²) >= 11 is 5.92. The van der Waals surface area contributed by atoms with Gasteiger partial charge in [0, 0.05) is 29.2 Å². The minimum Gasteiger partial charge on any atom is -0.444 e. The van der Waals surface area contributed by atoms with Crippen molar-refractivity contribution in [3.05, 3.63) is 69.5 Å².